The number of thiazole rings is 1. The third-order valence-corrected chi connectivity index (χ3v) is 8.71. The number of phenols is 1. The van der Waals surface area contributed by atoms with Crippen LogP contribution >= 0.6 is 23.1 Å². The number of phenolic OH excluding ortho intramolecular Hbond substituents is 1. The summed E-state index contributed by atoms with van der Waals surface area (Å²) in [4.78, 5) is 30.3. The Morgan fingerprint density at radius 2 is 1.85 bits per heavy atom. The molecule has 3 aromatic carbocycles. The molecule has 10 heteroatoms. The predicted molar refractivity (Wildman–Crippen MR) is 166 cm³/mol. The second kappa shape index (κ2) is 13.7. The lowest BCUT2D eigenvalue weighted by Gasteiger charge is -2.19. The van der Waals surface area contributed by atoms with Gasteiger partial charge in [0.25, 0.3) is 5.91 Å². The number of hydrogen-bond donors (Lipinski definition) is 3. The van der Waals surface area contributed by atoms with Gasteiger partial charge in [0.15, 0.2) is 4.34 Å². The largest absolute Gasteiger partial charge is 0.508 e. The number of hydrogen-bond acceptors (Lipinski definition) is 8. The number of benzene rings is 3. The fraction of sp³-hybridized carbons (Fsp3) is 0.323. The van der Waals surface area contributed by atoms with Gasteiger partial charge in [-0.1, -0.05) is 37.2 Å². The second-order valence-corrected chi connectivity index (χ2v) is 12.0. The quantitative estimate of drug-likeness (QED) is 0.150. The van der Waals surface area contributed by atoms with Crippen LogP contribution in [0.1, 0.15) is 61.1 Å². The molecule has 2 amide bonds. The summed E-state index contributed by atoms with van der Waals surface area (Å²) in [6.07, 6.45) is 2.04. The third-order valence-electron chi connectivity index (χ3n) is 6.55. The van der Waals surface area contributed by atoms with Crippen molar-refractivity contribution < 1.29 is 24.2 Å². The maximum atomic E-state index is 13.2. The zero-order valence-corrected chi connectivity index (χ0v) is 25.4. The number of nitrogens with one attached hydrogen (secondary N) is 2. The van der Waals surface area contributed by atoms with E-state index in [0.717, 1.165) is 38.5 Å². The number of aromatic hydroxyl groups is 1. The Kier molecular flexibility index (Phi) is 10.1. The Morgan fingerprint density at radius 1 is 1.10 bits per heavy atom. The summed E-state index contributed by atoms with van der Waals surface area (Å²) in [7, 11) is 1.55. The van der Waals surface area contributed by atoms with Crippen LogP contribution in [0.25, 0.3) is 10.2 Å². The van der Waals surface area contributed by atoms with Crippen molar-refractivity contribution in [2.75, 3.05) is 18.2 Å². The minimum atomic E-state index is -0.281. The van der Waals surface area contributed by atoms with Gasteiger partial charge in [-0.05, 0) is 75.2 Å². The van der Waals surface area contributed by atoms with Gasteiger partial charge in [-0.3, -0.25) is 9.59 Å². The number of thioether (sulfide) groups is 1. The van der Waals surface area contributed by atoms with Crippen LogP contribution in [0.15, 0.2) is 58.9 Å². The maximum Gasteiger partial charge on any atom is 0.259 e. The summed E-state index contributed by atoms with van der Waals surface area (Å²) in [5, 5.41) is 15.4. The SMILES string of the molecule is CCCC(C)Oc1ccc(C(=O)Nc2ccc3nc(SCC(=O)N[C@@H](C)c4ccc(O)cc4)sc3c2)c(OC)c1C. The van der Waals surface area contributed by atoms with E-state index >= 15 is 0 Å². The number of anilines is 1. The van der Waals surface area contributed by atoms with E-state index < -0.39 is 0 Å². The van der Waals surface area contributed by atoms with Crippen molar-refractivity contribution in [1.82, 2.24) is 10.3 Å². The van der Waals surface area contributed by atoms with E-state index in [4.69, 9.17) is 9.47 Å². The molecular formula is C31H35N3O5S2. The molecule has 0 spiro atoms. The maximum absolute atomic E-state index is 13.2. The Hall–Kier alpha value is -3.76. The summed E-state index contributed by atoms with van der Waals surface area (Å²) in [6, 6.07) is 15.7. The molecule has 4 aromatic rings. The number of rotatable bonds is 12. The first-order chi connectivity index (χ1) is 19.7. The highest BCUT2D eigenvalue weighted by atomic mass is 32.2. The first-order valence-electron chi connectivity index (χ1n) is 13.5. The van der Waals surface area contributed by atoms with Crippen LogP contribution in [0.3, 0.4) is 0 Å². The van der Waals surface area contributed by atoms with E-state index in [1.165, 1.54) is 23.1 Å². The van der Waals surface area contributed by atoms with Gasteiger partial charge in [-0.25, -0.2) is 4.98 Å². The predicted octanol–water partition coefficient (Wildman–Crippen LogP) is 7.11. The molecule has 0 aliphatic carbocycles. The number of carbonyl (C=O) groups excluding carboxylic acids is 2. The van der Waals surface area contributed by atoms with Crippen LogP contribution in [0.5, 0.6) is 17.2 Å². The molecule has 0 bridgehead atoms. The van der Waals surface area contributed by atoms with Crippen molar-refractivity contribution in [2.24, 2.45) is 0 Å². The van der Waals surface area contributed by atoms with Crippen molar-refractivity contribution in [3.05, 3.63) is 71.3 Å². The molecule has 0 radical (unpaired) electrons. The zero-order chi connectivity index (χ0) is 29.5. The molecule has 3 N–H and O–H groups in total. The molecule has 216 valence electrons. The van der Waals surface area contributed by atoms with E-state index in [1.807, 2.05) is 45.0 Å². The molecule has 0 aliphatic rings. The summed E-state index contributed by atoms with van der Waals surface area (Å²) in [5.41, 5.74) is 3.55. The van der Waals surface area contributed by atoms with Crippen molar-refractivity contribution in [2.45, 2.75) is 57.0 Å². The summed E-state index contributed by atoms with van der Waals surface area (Å²) >= 11 is 2.83. The molecule has 0 aliphatic heterocycles. The first-order valence-corrected chi connectivity index (χ1v) is 15.3. The molecule has 8 nitrogen and oxygen atoms in total. The van der Waals surface area contributed by atoms with Gasteiger partial charge >= 0.3 is 0 Å². The number of carbonyl (C=O) groups is 2. The highest BCUT2D eigenvalue weighted by Gasteiger charge is 2.19. The van der Waals surface area contributed by atoms with Crippen LogP contribution in [0.2, 0.25) is 0 Å². The van der Waals surface area contributed by atoms with Crippen LogP contribution in [-0.2, 0) is 4.79 Å². The van der Waals surface area contributed by atoms with E-state index in [9.17, 15) is 14.7 Å². The Morgan fingerprint density at radius 3 is 2.56 bits per heavy atom. The summed E-state index contributed by atoms with van der Waals surface area (Å²) in [6.45, 7) is 7.94. The van der Waals surface area contributed by atoms with Gasteiger partial charge < -0.3 is 25.2 Å². The second-order valence-electron chi connectivity index (χ2n) is 9.77. The van der Waals surface area contributed by atoms with E-state index in [2.05, 4.69) is 22.5 Å². The average Bonchev–Trinajstić information content (AvgIpc) is 3.35. The topological polar surface area (TPSA) is 110 Å². The lowest BCUT2D eigenvalue weighted by Crippen LogP contribution is -2.28. The molecule has 4 rings (SSSR count). The minimum Gasteiger partial charge on any atom is -0.508 e. The van der Waals surface area contributed by atoms with Crippen molar-refractivity contribution in [3.8, 4) is 17.2 Å². The Balaban J connectivity index is 1.39. The average molecular weight is 594 g/mol. The minimum absolute atomic E-state index is 0.0701. The highest BCUT2D eigenvalue weighted by molar-refractivity contribution is 8.01. The lowest BCUT2D eigenvalue weighted by atomic mass is 10.1. The third kappa shape index (κ3) is 7.71. The van der Waals surface area contributed by atoms with Gasteiger partial charge in [0.1, 0.15) is 17.2 Å². The molecule has 1 unspecified atom stereocenters. The number of nitrogens with zero attached hydrogens (tertiary/aromatic N) is 1. The van der Waals surface area contributed by atoms with Gasteiger partial charge in [0, 0.05) is 11.3 Å². The van der Waals surface area contributed by atoms with E-state index in [0.29, 0.717) is 22.7 Å². The molecular weight excluding hydrogens is 558 g/mol. The molecule has 1 heterocycles. The van der Waals surface area contributed by atoms with Crippen LogP contribution < -0.4 is 20.1 Å². The van der Waals surface area contributed by atoms with E-state index in [1.54, 1.807) is 37.4 Å². The normalized spacial score (nSPS) is 12.5. The first kappa shape index (κ1) is 30.2. The van der Waals surface area contributed by atoms with Gasteiger partial charge in [-0.2, -0.15) is 0 Å². The van der Waals surface area contributed by atoms with Gasteiger partial charge in [-0.15, -0.1) is 11.3 Å². The Bertz CT molecular complexity index is 1520. The standard InChI is InChI=1S/C31H35N3O5S2/c1-6-7-18(2)39-26-15-13-24(29(38-5)19(26)3)30(37)33-22-10-14-25-27(16-22)41-31(34-25)40-17-28(36)32-20(4)21-8-11-23(35)12-9-21/h8-16,18,20,35H,6-7,17H2,1-5H3,(H,32,36)(H,33,37)/t18?,20-/m0/s1. The Labute approximate surface area is 248 Å². The fourth-order valence-corrected chi connectivity index (χ4v) is 6.34. The molecule has 0 saturated heterocycles. The smallest absolute Gasteiger partial charge is 0.259 e. The number of fused-ring (bicyclic) bond motifs is 1. The number of methoxy groups -OCH3 is 1. The van der Waals surface area contributed by atoms with Crippen molar-refractivity contribution >= 4 is 50.8 Å². The molecule has 41 heavy (non-hydrogen) atoms. The van der Waals surface area contributed by atoms with Crippen molar-refractivity contribution in [3.63, 3.8) is 0 Å². The molecule has 0 fully saturated rings. The van der Waals surface area contributed by atoms with Gasteiger partial charge in [0.2, 0.25) is 5.91 Å². The molecule has 1 aromatic heterocycles. The number of ether oxygens (including phenoxy) is 2. The fourth-order valence-electron chi connectivity index (χ4n) is 4.42. The summed E-state index contributed by atoms with van der Waals surface area (Å²) in [5.74, 6) is 1.22. The van der Waals surface area contributed by atoms with E-state index in [-0.39, 0.29) is 35.5 Å². The monoisotopic (exact) mass is 593 g/mol. The summed E-state index contributed by atoms with van der Waals surface area (Å²) < 4.78 is 13.3. The van der Waals surface area contributed by atoms with Crippen LogP contribution in [-0.4, -0.2) is 40.9 Å². The van der Waals surface area contributed by atoms with Crippen LogP contribution in [0, 0.1) is 6.92 Å². The molecule has 2 atom stereocenters. The lowest BCUT2D eigenvalue weighted by molar-refractivity contribution is -0.119. The van der Waals surface area contributed by atoms with Crippen LogP contribution in [0.4, 0.5) is 5.69 Å². The van der Waals surface area contributed by atoms with Crippen molar-refractivity contribution in [1.29, 1.82) is 0 Å². The molecule has 0 saturated carbocycles. The number of amides is 2. The number of aromatic nitrogens is 1. The zero-order valence-electron chi connectivity index (χ0n) is 23.8. The van der Waals surface area contributed by atoms with Gasteiger partial charge in [0.05, 0.1) is 40.8 Å². The highest BCUT2D eigenvalue weighted by Crippen LogP contribution is 2.34.